The maximum atomic E-state index is 4.02. The molecule has 0 aromatic heterocycles. The second kappa shape index (κ2) is 5.06. The van der Waals surface area contributed by atoms with Crippen molar-refractivity contribution in [2.24, 2.45) is 0 Å². The first-order valence-corrected chi connectivity index (χ1v) is 5.87. The number of hydrogen-bond donors (Lipinski definition) is 0. The van der Waals surface area contributed by atoms with Gasteiger partial charge in [-0.05, 0) is 36.6 Å². The topological polar surface area (TPSA) is 0 Å². The summed E-state index contributed by atoms with van der Waals surface area (Å²) in [5, 5.41) is 2.30. The Bertz CT molecular complexity index is 441. The summed E-state index contributed by atoms with van der Waals surface area (Å²) in [6, 6.07) is 6.32. The second-order valence-corrected chi connectivity index (χ2v) is 4.12. The standard InChI is InChI=1S/C13H16S/c1-5-13(14-4)9-12-8-10(2)6-7-11(12)3/h5-9H,3H2,1-2,4H3/b12-9-,13-5+. The van der Waals surface area contributed by atoms with Crippen LogP contribution in [0.5, 0.6) is 0 Å². The summed E-state index contributed by atoms with van der Waals surface area (Å²) in [7, 11) is 0. The van der Waals surface area contributed by atoms with Crippen LogP contribution >= 0.6 is 11.8 Å². The molecule has 0 amide bonds. The van der Waals surface area contributed by atoms with Gasteiger partial charge in [0.25, 0.3) is 0 Å². The Morgan fingerprint density at radius 3 is 2.71 bits per heavy atom. The Morgan fingerprint density at radius 2 is 2.14 bits per heavy atom. The maximum Gasteiger partial charge on any atom is 0.00325 e. The van der Waals surface area contributed by atoms with Gasteiger partial charge < -0.3 is 0 Å². The molecule has 0 aliphatic heterocycles. The molecule has 14 heavy (non-hydrogen) atoms. The molecule has 0 saturated heterocycles. The van der Waals surface area contributed by atoms with E-state index in [1.165, 1.54) is 15.7 Å². The van der Waals surface area contributed by atoms with Gasteiger partial charge in [0, 0.05) is 4.91 Å². The van der Waals surface area contributed by atoms with E-state index < -0.39 is 0 Å². The van der Waals surface area contributed by atoms with Gasteiger partial charge in [-0.25, -0.2) is 0 Å². The third-order valence-corrected chi connectivity index (χ3v) is 2.94. The fourth-order valence-corrected chi connectivity index (χ4v) is 1.74. The lowest BCUT2D eigenvalue weighted by atomic mass is 10.1. The van der Waals surface area contributed by atoms with E-state index in [1.807, 2.05) is 0 Å². The van der Waals surface area contributed by atoms with E-state index in [9.17, 15) is 0 Å². The van der Waals surface area contributed by atoms with E-state index in [-0.39, 0.29) is 0 Å². The molecule has 1 rings (SSSR count). The zero-order valence-electron chi connectivity index (χ0n) is 9.00. The van der Waals surface area contributed by atoms with Crippen LogP contribution in [0.15, 0.2) is 29.2 Å². The second-order valence-electron chi connectivity index (χ2n) is 3.24. The number of benzene rings is 1. The molecule has 0 radical (unpaired) electrons. The quantitative estimate of drug-likeness (QED) is 0.713. The van der Waals surface area contributed by atoms with Crippen molar-refractivity contribution in [1.29, 1.82) is 0 Å². The Hall–Kier alpha value is -0.950. The molecule has 0 atom stereocenters. The fraction of sp³-hybridized carbons (Fsp3) is 0.231. The van der Waals surface area contributed by atoms with Crippen molar-refractivity contribution in [2.45, 2.75) is 13.8 Å². The van der Waals surface area contributed by atoms with Crippen molar-refractivity contribution in [1.82, 2.24) is 0 Å². The van der Waals surface area contributed by atoms with Crippen LogP contribution in [0.3, 0.4) is 0 Å². The zero-order valence-corrected chi connectivity index (χ0v) is 9.82. The minimum absolute atomic E-state index is 1.09. The van der Waals surface area contributed by atoms with Gasteiger partial charge in [0.05, 0.1) is 0 Å². The van der Waals surface area contributed by atoms with Crippen LogP contribution in [0.1, 0.15) is 12.5 Å². The van der Waals surface area contributed by atoms with Crippen LogP contribution in [0, 0.1) is 6.92 Å². The number of aryl methyl sites for hydroxylation is 1. The molecule has 74 valence electrons. The van der Waals surface area contributed by atoms with E-state index in [1.54, 1.807) is 11.8 Å². The molecule has 1 aromatic rings. The lowest BCUT2D eigenvalue weighted by molar-refractivity contribution is 1.41. The average Bonchev–Trinajstić information content (AvgIpc) is 2.19. The highest BCUT2D eigenvalue weighted by Gasteiger charge is 1.89. The van der Waals surface area contributed by atoms with Crippen LogP contribution in [0.2, 0.25) is 0 Å². The van der Waals surface area contributed by atoms with Gasteiger partial charge in [-0.1, -0.05) is 36.4 Å². The minimum atomic E-state index is 1.09. The highest BCUT2D eigenvalue weighted by Crippen LogP contribution is 2.11. The van der Waals surface area contributed by atoms with E-state index >= 15 is 0 Å². The maximum absolute atomic E-state index is 4.02. The van der Waals surface area contributed by atoms with E-state index in [0.29, 0.717) is 0 Å². The van der Waals surface area contributed by atoms with Crippen molar-refractivity contribution < 1.29 is 0 Å². The summed E-state index contributed by atoms with van der Waals surface area (Å²) >= 11 is 1.76. The number of rotatable bonds is 2. The Balaban J connectivity index is 3.31. The lowest BCUT2D eigenvalue weighted by Crippen LogP contribution is -2.22. The van der Waals surface area contributed by atoms with Crippen molar-refractivity contribution in [3.8, 4) is 0 Å². The summed E-state index contributed by atoms with van der Waals surface area (Å²) in [5.41, 5.74) is 1.28. The molecule has 0 unspecified atom stereocenters. The SMILES string of the molecule is C=c1ccc(C)c/c1=C/C(=C\C)SC. The molecular formula is C13H16S. The van der Waals surface area contributed by atoms with E-state index in [0.717, 1.165) is 5.22 Å². The highest BCUT2D eigenvalue weighted by molar-refractivity contribution is 8.02. The van der Waals surface area contributed by atoms with Gasteiger partial charge in [-0.15, -0.1) is 11.8 Å². The summed E-state index contributed by atoms with van der Waals surface area (Å²) in [6.07, 6.45) is 6.39. The third kappa shape index (κ3) is 2.78. The molecule has 0 nitrogen and oxygen atoms in total. The van der Waals surface area contributed by atoms with E-state index in [2.05, 4.69) is 57.0 Å². The van der Waals surface area contributed by atoms with Gasteiger partial charge in [0.1, 0.15) is 0 Å². The first-order valence-electron chi connectivity index (χ1n) is 4.65. The summed E-state index contributed by atoms with van der Waals surface area (Å²) < 4.78 is 0. The predicted octanol–water partition coefficient (Wildman–Crippen LogP) is 2.45. The van der Waals surface area contributed by atoms with Crippen molar-refractivity contribution in [2.75, 3.05) is 6.26 Å². The van der Waals surface area contributed by atoms with Crippen LogP contribution in [-0.2, 0) is 0 Å². The van der Waals surface area contributed by atoms with Crippen molar-refractivity contribution >= 4 is 24.4 Å². The first kappa shape index (κ1) is 11.1. The van der Waals surface area contributed by atoms with Crippen molar-refractivity contribution in [3.63, 3.8) is 0 Å². The van der Waals surface area contributed by atoms with Crippen LogP contribution < -0.4 is 10.4 Å². The molecule has 0 saturated carbocycles. The molecular weight excluding hydrogens is 188 g/mol. The van der Waals surface area contributed by atoms with Crippen LogP contribution in [-0.4, -0.2) is 6.26 Å². The van der Waals surface area contributed by atoms with E-state index in [4.69, 9.17) is 0 Å². The fourth-order valence-electron chi connectivity index (χ4n) is 1.26. The molecule has 0 aliphatic carbocycles. The Morgan fingerprint density at radius 1 is 1.43 bits per heavy atom. The van der Waals surface area contributed by atoms with Gasteiger partial charge in [0.2, 0.25) is 0 Å². The smallest absolute Gasteiger partial charge is 0.00325 e. The van der Waals surface area contributed by atoms with Gasteiger partial charge >= 0.3 is 0 Å². The minimum Gasteiger partial charge on any atom is -0.130 e. The largest absolute Gasteiger partial charge is 0.130 e. The Labute approximate surface area is 90.0 Å². The first-order chi connectivity index (χ1) is 6.67. The highest BCUT2D eigenvalue weighted by atomic mass is 32.2. The molecule has 1 aromatic carbocycles. The average molecular weight is 204 g/mol. The molecule has 0 heterocycles. The number of hydrogen-bond acceptors (Lipinski definition) is 1. The number of allylic oxidation sites excluding steroid dienone is 2. The van der Waals surface area contributed by atoms with Crippen molar-refractivity contribution in [3.05, 3.63) is 45.2 Å². The number of thioether (sulfide) groups is 1. The molecule has 0 bridgehead atoms. The van der Waals surface area contributed by atoms with Gasteiger partial charge in [-0.3, -0.25) is 0 Å². The molecule has 0 aliphatic rings. The van der Waals surface area contributed by atoms with Crippen LogP contribution in [0.4, 0.5) is 0 Å². The monoisotopic (exact) mass is 204 g/mol. The van der Waals surface area contributed by atoms with Crippen LogP contribution in [0.25, 0.3) is 12.7 Å². The molecule has 0 N–H and O–H groups in total. The van der Waals surface area contributed by atoms with Gasteiger partial charge in [0.15, 0.2) is 0 Å². The van der Waals surface area contributed by atoms with Gasteiger partial charge in [-0.2, -0.15) is 0 Å². The predicted molar refractivity (Wildman–Crippen MR) is 67.7 cm³/mol. The Kier molecular flexibility index (Phi) is 4.02. The summed E-state index contributed by atoms with van der Waals surface area (Å²) in [5.74, 6) is 0. The zero-order chi connectivity index (χ0) is 10.6. The molecule has 1 heteroatoms. The molecule has 0 fully saturated rings. The normalized spacial score (nSPS) is 13.4. The summed E-state index contributed by atoms with van der Waals surface area (Å²) in [4.78, 5) is 1.28. The summed E-state index contributed by atoms with van der Waals surface area (Å²) in [6.45, 7) is 8.17. The third-order valence-electron chi connectivity index (χ3n) is 2.12. The molecule has 0 spiro atoms. The lowest BCUT2D eigenvalue weighted by Gasteiger charge is -1.96.